The van der Waals surface area contributed by atoms with Crippen molar-refractivity contribution in [2.45, 2.75) is 54.0 Å². The minimum atomic E-state index is -0.729. The maximum atomic E-state index is 13.6. The van der Waals surface area contributed by atoms with Gasteiger partial charge >= 0.3 is 5.97 Å². The summed E-state index contributed by atoms with van der Waals surface area (Å²) in [6.45, 7) is 11.8. The van der Waals surface area contributed by atoms with E-state index >= 15 is 0 Å². The molecule has 6 nitrogen and oxygen atoms in total. The SMILES string of the molecule is CCOC(=O)c1c(C)c(C(=O)C(C)N(CCC(C)C)C(=O)c2ccccc2Cl)c(C)n1C. The zero-order valence-electron chi connectivity index (χ0n) is 20.0. The molecule has 0 radical (unpaired) electrons. The standard InChI is InChI=1S/C25H33ClN2O4/c1-8-32-25(31)22-16(4)21(17(5)27(22)7)23(29)18(6)28(14-13-15(2)3)24(30)19-11-9-10-12-20(19)26/h9-12,15,18H,8,13-14H2,1-7H3. The third kappa shape index (κ3) is 5.23. The second kappa shape index (κ2) is 10.8. The second-order valence-corrected chi connectivity index (χ2v) is 8.82. The molecular formula is C25H33ClN2O4. The van der Waals surface area contributed by atoms with Gasteiger partial charge in [-0.05, 0) is 57.7 Å². The molecule has 0 saturated heterocycles. The fourth-order valence-corrected chi connectivity index (χ4v) is 4.05. The maximum Gasteiger partial charge on any atom is 0.355 e. The average Bonchev–Trinajstić information content (AvgIpc) is 2.95. The van der Waals surface area contributed by atoms with E-state index < -0.39 is 12.0 Å². The Morgan fingerprint density at radius 2 is 1.75 bits per heavy atom. The molecule has 174 valence electrons. The highest BCUT2D eigenvalue weighted by atomic mass is 35.5. The molecule has 1 amide bonds. The molecule has 0 fully saturated rings. The van der Waals surface area contributed by atoms with Crippen molar-refractivity contribution in [3.05, 3.63) is 57.4 Å². The first-order chi connectivity index (χ1) is 15.0. The molecule has 0 aliphatic carbocycles. The van der Waals surface area contributed by atoms with Crippen LogP contribution in [0.1, 0.15) is 76.6 Å². The van der Waals surface area contributed by atoms with Crippen LogP contribution >= 0.6 is 11.6 Å². The summed E-state index contributed by atoms with van der Waals surface area (Å²) in [6.07, 6.45) is 0.745. The molecule has 2 rings (SSSR count). The van der Waals surface area contributed by atoms with Gasteiger partial charge in [-0.25, -0.2) is 4.79 Å². The Balaban J connectivity index is 2.48. The lowest BCUT2D eigenvalue weighted by Crippen LogP contribution is -2.44. The number of nitrogens with zero attached hydrogens (tertiary/aromatic N) is 2. The second-order valence-electron chi connectivity index (χ2n) is 8.41. The fraction of sp³-hybridized carbons (Fsp3) is 0.480. The zero-order valence-corrected chi connectivity index (χ0v) is 20.7. The lowest BCUT2D eigenvalue weighted by Gasteiger charge is -2.30. The summed E-state index contributed by atoms with van der Waals surface area (Å²) in [5.74, 6) is -0.607. The predicted octanol–water partition coefficient (Wildman–Crippen LogP) is 5.23. The van der Waals surface area contributed by atoms with E-state index in [1.54, 1.807) is 68.5 Å². The number of amides is 1. The number of hydrogen-bond acceptors (Lipinski definition) is 4. The summed E-state index contributed by atoms with van der Waals surface area (Å²) < 4.78 is 6.85. The van der Waals surface area contributed by atoms with Crippen LogP contribution in [0.25, 0.3) is 0 Å². The van der Waals surface area contributed by atoms with Gasteiger partial charge in [0.25, 0.3) is 5.91 Å². The van der Waals surface area contributed by atoms with E-state index in [0.29, 0.717) is 45.6 Å². The first kappa shape index (κ1) is 25.7. The van der Waals surface area contributed by atoms with Crippen molar-refractivity contribution in [3.63, 3.8) is 0 Å². The van der Waals surface area contributed by atoms with Crippen molar-refractivity contribution in [3.8, 4) is 0 Å². The smallest absolute Gasteiger partial charge is 0.355 e. The van der Waals surface area contributed by atoms with E-state index in [-0.39, 0.29) is 18.3 Å². The molecular weight excluding hydrogens is 428 g/mol. The Hall–Kier alpha value is -2.60. The van der Waals surface area contributed by atoms with Crippen LogP contribution in [-0.4, -0.2) is 46.3 Å². The summed E-state index contributed by atoms with van der Waals surface area (Å²) in [7, 11) is 1.74. The Labute approximate surface area is 195 Å². The number of Topliss-reactive ketones (excluding diaryl/α,β-unsaturated/α-hetero) is 1. The molecule has 32 heavy (non-hydrogen) atoms. The number of halogens is 1. The maximum absolute atomic E-state index is 13.6. The van der Waals surface area contributed by atoms with Gasteiger partial charge in [0.2, 0.25) is 0 Å². The van der Waals surface area contributed by atoms with E-state index in [1.807, 2.05) is 0 Å². The van der Waals surface area contributed by atoms with Crippen molar-refractivity contribution >= 4 is 29.3 Å². The molecule has 1 aromatic heterocycles. The van der Waals surface area contributed by atoms with Crippen molar-refractivity contribution in [1.82, 2.24) is 9.47 Å². The molecule has 0 aliphatic heterocycles. The minimum Gasteiger partial charge on any atom is -0.461 e. The van der Waals surface area contributed by atoms with Crippen LogP contribution in [0.5, 0.6) is 0 Å². The van der Waals surface area contributed by atoms with Crippen molar-refractivity contribution in [2.75, 3.05) is 13.2 Å². The van der Waals surface area contributed by atoms with Crippen molar-refractivity contribution in [1.29, 1.82) is 0 Å². The third-order valence-electron chi connectivity index (χ3n) is 5.81. The van der Waals surface area contributed by atoms with E-state index in [9.17, 15) is 14.4 Å². The van der Waals surface area contributed by atoms with Gasteiger partial charge in [-0.2, -0.15) is 0 Å². The lowest BCUT2D eigenvalue weighted by atomic mass is 9.98. The highest BCUT2D eigenvalue weighted by molar-refractivity contribution is 6.33. The quantitative estimate of drug-likeness (QED) is 0.379. The molecule has 0 N–H and O–H groups in total. The molecule has 7 heteroatoms. The largest absolute Gasteiger partial charge is 0.461 e. The van der Waals surface area contributed by atoms with Crippen LogP contribution < -0.4 is 0 Å². The highest BCUT2D eigenvalue weighted by Crippen LogP contribution is 2.26. The summed E-state index contributed by atoms with van der Waals surface area (Å²) in [5, 5.41) is 0.350. The number of ether oxygens (including phenoxy) is 1. The van der Waals surface area contributed by atoms with Gasteiger partial charge in [0, 0.05) is 24.8 Å². The average molecular weight is 461 g/mol. The molecule has 1 unspecified atom stereocenters. The zero-order chi connectivity index (χ0) is 24.2. The molecule has 1 atom stereocenters. The van der Waals surface area contributed by atoms with E-state index in [0.717, 1.165) is 6.42 Å². The van der Waals surface area contributed by atoms with Gasteiger partial charge in [-0.3, -0.25) is 9.59 Å². The number of ketones is 1. The molecule has 0 aliphatic rings. The normalized spacial score (nSPS) is 12.0. The number of benzene rings is 1. The first-order valence-corrected chi connectivity index (χ1v) is 11.3. The summed E-state index contributed by atoms with van der Waals surface area (Å²) in [5.41, 5.74) is 2.40. The number of aromatic nitrogens is 1. The Morgan fingerprint density at radius 3 is 2.31 bits per heavy atom. The van der Waals surface area contributed by atoms with Crippen LogP contribution in [0.4, 0.5) is 0 Å². The van der Waals surface area contributed by atoms with Crippen LogP contribution in [0, 0.1) is 19.8 Å². The van der Waals surface area contributed by atoms with Crippen LogP contribution in [0.15, 0.2) is 24.3 Å². The molecule has 1 aromatic carbocycles. The van der Waals surface area contributed by atoms with Crippen LogP contribution in [-0.2, 0) is 11.8 Å². The van der Waals surface area contributed by atoms with Gasteiger partial charge in [-0.1, -0.05) is 37.6 Å². The van der Waals surface area contributed by atoms with Gasteiger partial charge in [0.15, 0.2) is 5.78 Å². The van der Waals surface area contributed by atoms with Crippen LogP contribution in [0.3, 0.4) is 0 Å². The number of carbonyl (C=O) groups is 3. The van der Waals surface area contributed by atoms with Crippen molar-refractivity contribution < 1.29 is 19.1 Å². The summed E-state index contributed by atoms with van der Waals surface area (Å²) in [4.78, 5) is 41.1. The van der Waals surface area contributed by atoms with Crippen LogP contribution in [0.2, 0.25) is 5.02 Å². The Bertz CT molecular complexity index is 1010. The third-order valence-corrected chi connectivity index (χ3v) is 6.13. The molecule has 2 aromatic rings. The number of esters is 1. The topological polar surface area (TPSA) is 68.6 Å². The lowest BCUT2D eigenvalue weighted by molar-refractivity contribution is 0.0513. The molecule has 0 bridgehead atoms. The fourth-order valence-electron chi connectivity index (χ4n) is 3.84. The van der Waals surface area contributed by atoms with Gasteiger partial charge in [0.1, 0.15) is 5.69 Å². The Kier molecular flexibility index (Phi) is 8.67. The van der Waals surface area contributed by atoms with Gasteiger partial charge < -0.3 is 14.2 Å². The van der Waals surface area contributed by atoms with Crippen molar-refractivity contribution in [2.24, 2.45) is 13.0 Å². The molecule has 0 saturated carbocycles. The highest BCUT2D eigenvalue weighted by Gasteiger charge is 2.33. The van der Waals surface area contributed by atoms with E-state index in [1.165, 1.54) is 0 Å². The number of carbonyl (C=O) groups excluding carboxylic acids is 3. The van der Waals surface area contributed by atoms with E-state index in [4.69, 9.17) is 16.3 Å². The first-order valence-electron chi connectivity index (χ1n) is 11.0. The predicted molar refractivity (Wildman–Crippen MR) is 127 cm³/mol. The summed E-state index contributed by atoms with van der Waals surface area (Å²) >= 11 is 6.28. The number of hydrogen-bond donors (Lipinski definition) is 0. The molecule has 0 spiro atoms. The summed E-state index contributed by atoms with van der Waals surface area (Å²) in [6, 6.07) is 6.12. The monoisotopic (exact) mass is 460 g/mol. The number of rotatable bonds is 9. The minimum absolute atomic E-state index is 0.213. The van der Waals surface area contributed by atoms with Gasteiger partial charge in [-0.15, -0.1) is 0 Å². The van der Waals surface area contributed by atoms with Gasteiger partial charge in [0.05, 0.1) is 23.2 Å². The van der Waals surface area contributed by atoms with E-state index in [2.05, 4.69) is 13.8 Å². The molecule has 1 heterocycles. The Morgan fingerprint density at radius 1 is 1.12 bits per heavy atom.